The number of hydrogen-bond acceptors (Lipinski definition) is 6. The second kappa shape index (κ2) is 11.6. The first-order valence-electron chi connectivity index (χ1n) is 10.6. The summed E-state index contributed by atoms with van der Waals surface area (Å²) in [6.45, 7) is 0.0334. The summed E-state index contributed by atoms with van der Waals surface area (Å²) in [7, 11) is 0. The lowest BCUT2D eigenvalue weighted by atomic mass is 9.95. The van der Waals surface area contributed by atoms with Gasteiger partial charge in [-0.15, -0.1) is 0 Å². The van der Waals surface area contributed by atoms with E-state index < -0.39 is 47.8 Å². The maximum absolute atomic E-state index is 13.2. The van der Waals surface area contributed by atoms with Gasteiger partial charge < -0.3 is 21.3 Å². The van der Waals surface area contributed by atoms with Gasteiger partial charge in [-0.2, -0.15) is 0 Å². The molecule has 0 spiro atoms. The molecule has 4 amide bonds. The number of rotatable bonds is 10. The van der Waals surface area contributed by atoms with Crippen LogP contribution in [0.15, 0.2) is 48.8 Å². The van der Waals surface area contributed by atoms with Crippen molar-refractivity contribution in [1.29, 1.82) is 0 Å². The van der Waals surface area contributed by atoms with Crippen LogP contribution in [-0.4, -0.2) is 53.5 Å². The predicted octanol–water partition coefficient (Wildman–Crippen LogP) is -0.153. The minimum atomic E-state index is -1.26. The van der Waals surface area contributed by atoms with Crippen molar-refractivity contribution in [3.05, 3.63) is 65.7 Å². The number of Topliss-reactive ketones (excluding diaryl/α,β-unsaturated/α-hetero) is 1. The number of nitrogens with zero attached hydrogens (tertiary/aromatic N) is 1. The minimum absolute atomic E-state index is 0.0586. The second-order valence-corrected chi connectivity index (χ2v) is 7.74. The molecule has 34 heavy (non-hydrogen) atoms. The Labute approximate surface area is 194 Å². The van der Waals surface area contributed by atoms with Gasteiger partial charge in [0.1, 0.15) is 5.82 Å². The molecular weight excluding hydrogens is 445 g/mol. The fourth-order valence-electron chi connectivity index (χ4n) is 3.45. The largest absolute Gasteiger partial charge is 0.356 e. The molecule has 0 unspecified atom stereocenters. The second-order valence-electron chi connectivity index (χ2n) is 7.74. The van der Waals surface area contributed by atoms with E-state index in [1.54, 1.807) is 24.3 Å². The van der Waals surface area contributed by atoms with Gasteiger partial charge in [0.15, 0.2) is 0 Å². The van der Waals surface area contributed by atoms with Crippen molar-refractivity contribution in [3.63, 3.8) is 0 Å². The van der Waals surface area contributed by atoms with Crippen LogP contribution in [0.1, 0.15) is 28.8 Å². The first-order valence-corrected chi connectivity index (χ1v) is 10.6. The highest BCUT2D eigenvalue weighted by molar-refractivity contribution is 6.38. The summed E-state index contributed by atoms with van der Waals surface area (Å²) in [5, 5.41) is 9.89. The van der Waals surface area contributed by atoms with Crippen molar-refractivity contribution in [2.45, 2.75) is 25.4 Å². The van der Waals surface area contributed by atoms with Gasteiger partial charge in [-0.3, -0.25) is 29.0 Å². The maximum Gasteiger partial charge on any atom is 0.289 e. The molecule has 1 aromatic heterocycles. The van der Waals surface area contributed by atoms with Crippen molar-refractivity contribution in [1.82, 2.24) is 26.3 Å². The summed E-state index contributed by atoms with van der Waals surface area (Å²) in [5.41, 5.74) is 0.706. The molecule has 1 aliphatic heterocycles. The first kappa shape index (κ1) is 24.5. The van der Waals surface area contributed by atoms with Crippen molar-refractivity contribution in [2.24, 2.45) is 5.92 Å². The first-order chi connectivity index (χ1) is 16.3. The predicted molar refractivity (Wildman–Crippen MR) is 117 cm³/mol. The number of carbonyl (C=O) groups excluding carboxylic acids is 5. The molecule has 10 nitrogen and oxygen atoms in total. The van der Waals surface area contributed by atoms with E-state index in [4.69, 9.17) is 0 Å². The Morgan fingerprint density at radius 1 is 1.12 bits per heavy atom. The fraction of sp³-hybridized carbons (Fsp3) is 0.304. The Hall–Kier alpha value is -4.15. The van der Waals surface area contributed by atoms with Gasteiger partial charge >= 0.3 is 0 Å². The molecule has 2 heterocycles. The number of pyridine rings is 1. The van der Waals surface area contributed by atoms with Crippen LogP contribution in [0.25, 0.3) is 0 Å². The van der Waals surface area contributed by atoms with Crippen LogP contribution in [0.2, 0.25) is 0 Å². The molecule has 3 rings (SSSR count). The molecule has 0 saturated carbocycles. The SMILES string of the molecule is O=C(CNC(=O)c1cncc(F)c1)N[C@@H](C[C@@H]1CCNC1=O)C(=O)C(=O)NCc1ccccc1. The topological polar surface area (TPSA) is 146 Å². The molecule has 0 aliphatic carbocycles. The summed E-state index contributed by atoms with van der Waals surface area (Å²) in [6.07, 6.45) is 2.48. The standard InChI is InChI=1S/C23H24FN5O5/c24-17-8-16(11-25-12-17)22(33)28-13-19(30)29-18(9-15-6-7-26-21(15)32)20(31)23(34)27-10-14-4-2-1-3-5-14/h1-5,8,11-12,15,18H,6-7,9-10,13H2,(H,26,32)(H,27,34)(H,28,33)(H,29,30)/t15-,18-/m0/s1. The number of hydrogen-bond donors (Lipinski definition) is 4. The minimum Gasteiger partial charge on any atom is -0.356 e. The molecule has 1 fully saturated rings. The van der Waals surface area contributed by atoms with Crippen LogP contribution >= 0.6 is 0 Å². The number of halogens is 1. The summed E-state index contributed by atoms with van der Waals surface area (Å²) < 4.78 is 13.2. The summed E-state index contributed by atoms with van der Waals surface area (Å²) in [6, 6.07) is 8.66. The molecule has 2 atom stereocenters. The average molecular weight is 469 g/mol. The van der Waals surface area contributed by atoms with Crippen LogP contribution in [0.4, 0.5) is 4.39 Å². The quantitative estimate of drug-likeness (QED) is 0.356. The number of aromatic nitrogens is 1. The molecule has 1 aliphatic rings. The molecule has 11 heteroatoms. The number of benzene rings is 1. The van der Waals surface area contributed by atoms with E-state index in [-0.39, 0.29) is 24.4 Å². The van der Waals surface area contributed by atoms with Crippen molar-refractivity contribution >= 4 is 29.4 Å². The van der Waals surface area contributed by atoms with E-state index >= 15 is 0 Å². The lowest BCUT2D eigenvalue weighted by molar-refractivity contribution is -0.140. The molecule has 178 valence electrons. The number of ketones is 1. The van der Waals surface area contributed by atoms with Crippen molar-refractivity contribution in [3.8, 4) is 0 Å². The fourth-order valence-corrected chi connectivity index (χ4v) is 3.45. The zero-order valence-electron chi connectivity index (χ0n) is 18.2. The van der Waals surface area contributed by atoms with Crippen LogP contribution in [0.5, 0.6) is 0 Å². The normalized spacial score (nSPS) is 15.7. The van der Waals surface area contributed by atoms with Gasteiger partial charge in [0.25, 0.3) is 11.8 Å². The smallest absolute Gasteiger partial charge is 0.289 e. The highest BCUT2D eigenvalue weighted by atomic mass is 19.1. The highest BCUT2D eigenvalue weighted by Crippen LogP contribution is 2.17. The van der Waals surface area contributed by atoms with Gasteiger partial charge in [-0.05, 0) is 24.5 Å². The van der Waals surface area contributed by atoms with Crippen LogP contribution in [0.3, 0.4) is 0 Å². The van der Waals surface area contributed by atoms with E-state index in [2.05, 4.69) is 26.3 Å². The molecule has 4 N–H and O–H groups in total. The molecular formula is C23H24FN5O5. The number of amides is 4. The summed E-state index contributed by atoms with van der Waals surface area (Å²) >= 11 is 0. The van der Waals surface area contributed by atoms with Gasteiger partial charge in [0.05, 0.1) is 24.3 Å². The van der Waals surface area contributed by atoms with E-state index in [0.717, 1.165) is 24.0 Å². The van der Waals surface area contributed by atoms with E-state index in [1.807, 2.05) is 6.07 Å². The molecule has 0 radical (unpaired) electrons. The maximum atomic E-state index is 13.2. The van der Waals surface area contributed by atoms with Crippen molar-refractivity contribution < 1.29 is 28.4 Å². The Bertz CT molecular complexity index is 1080. The zero-order chi connectivity index (χ0) is 24.5. The third kappa shape index (κ3) is 6.92. The van der Waals surface area contributed by atoms with Crippen LogP contribution < -0.4 is 21.3 Å². The van der Waals surface area contributed by atoms with E-state index in [0.29, 0.717) is 13.0 Å². The third-order valence-corrected chi connectivity index (χ3v) is 5.23. The van der Waals surface area contributed by atoms with Crippen molar-refractivity contribution in [2.75, 3.05) is 13.1 Å². The van der Waals surface area contributed by atoms with Crippen LogP contribution in [-0.2, 0) is 25.7 Å². The lowest BCUT2D eigenvalue weighted by Crippen LogP contribution is -2.50. The Morgan fingerprint density at radius 3 is 2.56 bits per heavy atom. The molecule has 1 saturated heterocycles. The summed E-state index contributed by atoms with van der Waals surface area (Å²) in [5.74, 6) is -4.79. The Morgan fingerprint density at radius 2 is 1.88 bits per heavy atom. The highest BCUT2D eigenvalue weighted by Gasteiger charge is 2.34. The van der Waals surface area contributed by atoms with Crippen LogP contribution in [0, 0.1) is 11.7 Å². The zero-order valence-corrected chi connectivity index (χ0v) is 18.2. The van der Waals surface area contributed by atoms with E-state index in [9.17, 15) is 28.4 Å². The molecule has 1 aromatic carbocycles. The molecule has 2 aromatic rings. The van der Waals surface area contributed by atoms with Gasteiger partial charge in [0.2, 0.25) is 17.6 Å². The van der Waals surface area contributed by atoms with Gasteiger partial charge in [-0.1, -0.05) is 30.3 Å². The van der Waals surface area contributed by atoms with Gasteiger partial charge in [0, 0.05) is 25.2 Å². The van der Waals surface area contributed by atoms with Gasteiger partial charge in [-0.25, -0.2) is 4.39 Å². The lowest BCUT2D eigenvalue weighted by Gasteiger charge is -2.20. The van der Waals surface area contributed by atoms with E-state index in [1.165, 1.54) is 0 Å². The summed E-state index contributed by atoms with van der Waals surface area (Å²) in [4.78, 5) is 65.3. The number of carbonyl (C=O) groups is 5. The Kier molecular flexibility index (Phi) is 8.38. The Balaban J connectivity index is 1.60. The third-order valence-electron chi connectivity index (χ3n) is 5.23. The monoisotopic (exact) mass is 469 g/mol. The number of nitrogens with one attached hydrogen (secondary N) is 4. The average Bonchev–Trinajstić information content (AvgIpc) is 3.24. The molecule has 0 bridgehead atoms.